The van der Waals surface area contributed by atoms with Crippen molar-refractivity contribution in [3.8, 4) is 0 Å². The third-order valence-electron chi connectivity index (χ3n) is 4.75. The summed E-state index contributed by atoms with van der Waals surface area (Å²) < 4.78 is 9.73. The molecule has 2 aromatic carbocycles. The Labute approximate surface area is 177 Å². The van der Waals surface area contributed by atoms with Crippen LogP contribution in [0.4, 0.5) is 16.2 Å². The number of aryl methyl sites for hydroxylation is 1. The van der Waals surface area contributed by atoms with Crippen molar-refractivity contribution in [3.63, 3.8) is 0 Å². The second kappa shape index (κ2) is 8.66. The van der Waals surface area contributed by atoms with Gasteiger partial charge in [-0.2, -0.15) is 0 Å². The number of urea groups is 1. The van der Waals surface area contributed by atoms with E-state index in [0.29, 0.717) is 11.3 Å². The predicted molar refractivity (Wildman–Crippen MR) is 109 cm³/mol. The number of nitrogens with one attached hydrogen (secondary N) is 1. The summed E-state index contributed by atoms with van der Waals surface area (Å²) in [4.78, 5) is 49.9. The zero-order valence-corrected chi connectivity index (χ0v) is 16.9. The van der Waals surface area contributed by atoms with Gasteiger partial charge in [-0.3, -0.25) is 15.0 Å². The highest BCUT2D eigenvalue weighted by Gasteiger charge is 2.42. The number of hydrogen-bond donors (Lipinski definition) is 1. The second-order valence-electron chi connectivity index (χ2n) is 6.65. The summed E-state index contributed by atoms with van der Waals surface area (Å²) in [6.45, 7) is 1.86. The average molecular weight is 425 g/mol. The summed E-state index contributed by atoms with van der Waals surface area (Å²) in [7, 11) is 2.27. The molecule has 0 radical (unpaired) electrons. The van der Waals surface area contributed by atoms with Gasteiger partial charge in [0.2, 0.25) is 0 Å². The van der Waals surface area contributed by atoms with Gasteiger partial charge in [0.1, 0.15) is 5.70 Å². The van der Waals surface area contributed by atoms with E-state index in [4.69, 9.17) is 9.47 Å². The number of amides is 2. The zero-order chi connectivity index (χ0) is 22.7. The molecule has 0 aliphatic carbocycles. The molecule has 10 nitrogen and oxygen atoms in total. The Morgan fingerprint density at radius 3 is 2.10 bits per heavy atom. The number of hydrogen-bond acceptors (Lipinski definition) is 7. The molecule has 0 fully saturated rings. The van der Waals surface area contributed by atoms with Gasteiger partial charge in [-0.05, 0) is 36.8 Å². The molecule has 1 aliphatic heterocycles. The minimum Gasteiger partial charge on any atom is -0.466 e. The highest BCUT2D eigenvalue weighted by Crippen LogP contribution is 2.35. The molecule has 2 amide bonds. The Morgan fingerprint density at radius 1 is 1.00 bits per heavy atom. The Kier molecular flexibility index (Phi) is 6.00. The van der Waals surface area contributed by atoms with Gasteiger partial charge in [-0.15, -0.1) is 0 Å². The maximum Gasteiger partial charge on any atom is 0.355 e. The summed E-state index contributed by atoms with van der Waals surface area (Å²) in [5.41, 5.74) is 0.996. The van der Waals surface area contributed by atoms with Crippen LogP contribution in [0.2, 0.25) is 0 Å². The number of esters is 2. The molecular weight excluding hydrogens is 406 g/mol. The summed E-state index contributed by atoms with van der Waals surface area (Å²) in [6.07, 6.45) is 0. The van der Waals surface area contributed by atoms with Crippen LogP contribution < -0.4 is 10.2 Å². The summed E-state index contributed by atoms with van der Waals surface area (Å²) in [5, 5.41) is 13.6. The van der Waals surface area contributed by atoms with E-state index in [-0.39, 0.29) is 17.0 Å². The van der Waals surface area contributed by atoms with Crippen LogP contribution in [0, 0.1) is 17.0 Å². The van der Waals surface area contributed by atoms with Gasteiger partial charge >= 0.3 is 18.0 Å². The van der Waals surface area contributed by atoms with E-state index >= 15 is 0 Å². The number of nitrogens with zero attached hydrogens (tertiary/aromatic N) is 2. The van der Waals surface area contributed by atoms with E-state index < -0.39 is 28.9 Å². The molecular formula is C21H19N3O7. The lowest BCUT2D eigenvalue weighted by atomic mass is 9.94. The third kappa shape index (κ3) is 4.08. The van der Waals surface area contributed by atoms with E-state index in [0.717, 1.165) is 24.7 Å². The van der Waals surface area contributed by atoms with E-state index in [1.54, 1.807) is 24.3 Å². The van der Waals surface area contributed by atoms with Crippen molar-refractivity contribution in [2.45, 2.75) is 13.0 Å². The van der Waals surface area contributed by atoms with Crippen LogP contribution in [0.3, 0.4) is 0 Å². The molecule has 0 aromatic heterocycles. The second-order valence-corrected chi connectivity index (χ2v) is 6.65. The number of non-ortho nitro benzene ring substituents is 1. The van der Waals surface area contributed by atoms with Crippen LogP contribution in [0.15, 0.2) is 59.8 Å². The van der Waals surface area contributed by atoms with Gasteiger partial charge in [0.15, 0.2) is 0 Å². The summed E-state index contributed by atoms with van der Waals surface area (Å²) in [6, 6.07) is 10.2. The number of methoxy groups -OCH3 is 2. The molecule has 0 saturated carbocycles. The molecule has 10 heteroatoms. The molecule has 0 spiro atoms. The van der Waals surface area contributed by atoms with Gasteiger partial charge in [-0.25, -0.2) is 14.4 Å². The van der Waals surface area contributed by atoms with Crippen LogP contribution in [0.5, 0.6) is 0 Å². The lowest BCUT2D eigenvalue weighted by Crippen LogP contribution is -2.50. The van der Waals surface area contributed by atoms with E-state index in [9.17, 15) is 24.5 Å². The minimum absolute atomic E-state index is 0.163. The lowest BCUT2D eigenvalue weighted by molar-refractivity contribution is -0.384. The maximum atomic E-state index is 13.0. The Hall–Kier alpha value is -4.21. The lowest BCUT2D eigenvalue weighted by Gasteiger charge is -2.35. The molecule has 2 aromatic rings. The van der Waals surface area contributed by atoms with Gasteiger partial charge in [0.25, 0.3) is 5.69 Å². The highest BCUT2D eigenvalue weighted by molar-refractivity contribution is 6.13. The molecule has 1 N–H and O–H groups in total. The standard InChI is InChI=1S/C21H19N3O7/c1-12-4-8-14(9-5-12)23-18(20(26)31-3)16(19(25)30-2)17(22-21(23)27)13-6-10-15(11-7-13)24(28)29/h4-11,17H,1-3H3,(H,22,27)/t17-/m1/s1. The number of carbonyl (C=O) groups is 3. The highest BCUT2D eigenvalue weighted by atomic mass is 16.6. The normalized spacial score (nSPS) is 15.9. The Bertz CT molecular complexity index is 1080. The fourth-order valence-electron chi connectivity index (χ4n) is 3.22. The topological polar surface area (TPSA) is 128 Å². The van der Waals surface area contributed by atoms with Crippen molar-refractivity contribution in [1.82, 2.24) is 5.32 Å². The zero-order valence-electron chi connectivity index (χ0n) is 16.9. The first kappa shape index (κ1) is 21.5. The number of carbonyl (C=O) groups excluding carboxylic acids is 3. The van der Waals surface area contributed by atoms with Crippen molar-refractivity contribution in [3.05, 3.63) is 81.0 Å². The van der Waals surface area contributed by atoms with Crippen molar-refractivity contribution in [2.75, 3.05) is 19.1 Å². The smallest absolute Gasteiger partial charge is 0.355 e. The SMILES string of the molecule is COC(=O)C1=C(C(=O)OC)N(c2ccc(C)cc2)C(=O)N[C@@H]1c1ccc([N+](=O)[O-])cc1. The number of benzene rings is 2. The van der Waals surface area contributed by atoms with E-state index in [1.165, 1.54) is 24.3 Å². The number of rotatable bonds is 5. The minimum atomic E-state index is -1.09. The van der Waals surface area contributed by atoms with Crippen LogP contribution in [0.1, 0.15) is 17.2 Å². The molecule has 1 heterocycles. The molecule has 1 atom stereocenters. The molecule has 3 rings (SSSR count). The molecule has 0 bridgehead atoms. The third-order valence-corrected chi connectivity index (χ3v) is 4.75. The largest absolute Gasteiger partial charge is 0.466 e. The summed E-state index contributed by atoms with van der Waals surface area (Å²) >= 11 is 0. The van der Waals surface area contributed by atoms with Gasteiger partial charge in [0.05, 0.1) is 36.4 Å². The number of nitro groups is 1. The monoisotopic (exact) mass is 425 g/mol. The molecule has 1 aliphatic rings. The fourth-order valence-corrected chi connectivity index (χ4v) is 3.22. The van der Waals surface area contributed by atoms with E-state index in [1.807, 2.05) is 6.92 Å². The fraction of sp³-hybridized carbons (Fsp3) is 0.190. The molecule has 0 saturated heterocycles. The van der Waals surface area contributed by atoms with Gasteiger partial charge in [-0.1, -0.05) is 17.7 Å². The Morgan fingerprint density at radius 2 is 1.58 bits per heavy atom. The molecule has 31 heavy (non-hydrogen) atoms. The van der Waals surface area contributed by atoms with Crippen molar-refractivity contribution >= 4 is 29.3 Å². The van der Waals surface area contributed by atoms with Crippen LogP contribution in [-0.2, 0) is 19.1 Å². The predicted octanol–water partition coefficient (Wildman–Crippen LogP) is 2.77. The number of nitro benzene ring substituents is 1. The first-order chi connectivity index (χ1) is 14.8. The van der Waals surface area contributed by atoms with E-state index in [2.05, 4.69) is 5.32 Å². The van der Waals surface area contributed by atoms with Gasteiger partial charge in [0, 0.05) is 12.1 Å². The first-order valence-electron chi connectivity index (χ1n) is 9.11. The molecule has 0 unspecified atom stereocenters. The van der Waals surface area contributed by atoms with Crippen LogP contribution in [0.25, 0.3) is 0 Å². The van der Waals surface area contributed by atoms with Crippen LogP contribution >= 0.6 is 0 Å². The molecule has 160 valence electrons. The van der Waals surface area contributed by atoms with Gasteiger partial charge < -0.3 is 14.8 Å². The Balaban J connectivity index is 2.23. The van der Waals surface area contributed by atoms with Crippen LogP contribution in [-0.4, -0.2) is 37.1 Å². The summed E-state index contributed by atoms with van der Waals surface area (Å²) in [5.74, 6) is -1.77. The number of anilines is 1. The van der Waals surface area contributed by atoms with Crippen molar-refractivity contribution < 1.29 is 28.8 Å². The first-order valence-corrected chi connectivity index (χ1v) is 9.11. The number of ether oxygens (including phenoxy) is 2. The quantitative estimate of drug-likeness (QED) is 0.443. The van der Waals surface area contributed by atoms with Crippen molar-refractivity contribution in [1.29, 1.82) is 0 Å². The average Bonchev–Trinajstić information content (AvgIpc) is 2.78. The maximum absolute atomic E-state index is 13.0. The van der Waals surface area contributed by atoms with Crippen molar-refractivity contribution in [2.24, 2.45) is 0 Å².